The molecule has 1 rings (SSSR count). The Balaban J connectivity index is 2.10. The predicted octanol–water partition coefficient (Wildman–Crippen LogP) is 3.89. The van der Waals surface area contributed by atoms with Crippen LogP contribution in [0.4, 0.5) is 0 Å². The summed E-state index contributed by atoms with van der Waals surface area (Å²) in [4.78, 5) is 0. The highest BCUT2D eigenvalue weighted by Gasteiger charge is 2.21. The number of hydrogen-bond donors (Lipinski definition) is 2. The van der Waals surface area contributed by atoms with Crippen LogP contribution in [0, 0.1) is 11.8 Å². The quantitative estimate of drug-likeness (QED) is 0.487. The standard InChI is InChI=1S/C14H29NS/c1-2-13(9-6-10-15-11-12-16)14-7-4-3-5-8-14/h13-16H,2-12H2,1H3/t13-/m0/s1. The second kappa shape index (κ2) is 9.35. The third kappa shape index (κ3) is 5.58. The van der Waals surface area contributed by atoms with Crippen LogP contribution < -0.4 is 5.32 Å². The fraction of sp³-hybridized carbons (Fsp3) is 1.00. The summed E-state index contributed by atoms with van der Waals surface area (Å²) in [6.07, 6.45) is 11.6. The average molecular weight is 243 g/mol. The molecular weight excluding hydrogens is 214 g/mol. The highest BCUT2D eigenvalue weighted by atomic mass is 32.1. The zero-order chi connectivity index (χ0) is 11.6. The van der Waals surface area contributed by atoms with Crippen LogP contribution in [0.2, 0.25) is 0 Å². The molecule has 1 fully saturated rings. The van der Waals surface area contributed by atoms with Gasteiger partial charge in [0.1, 0.15) is 0 Å². The summed E-state index contributed by atoms with van der Waals surface area (Å²) >= 11 is 4.20. The average Bonchev–Trinajstić information content (AvgIpc) is 2.35. The van der Waals surface area contributed by atoms with Gasteiger partial charge in [-0.05, 0) is 31.2 Å². The van der Waals surface area contributed by atoms with E-state index in [-0.39, 0.29) is 0 Å². The molecule has 1 N–H and O–H groups in total. The first-order chi connectivity index (χ1) is 7.88. The fourth-order valence-electron chi connectivity index (χ4n) is 3.07. The van der Waals surface area contributed by atoms with Crippen LogP contribution >= 0.6 is 12.6 Å². The summed E-state index contributed by atoms with van der Waals surface area (Å²) in [7, 11) is 0. The van der Waals surface area contributed by atoms with Gasteiger partial charge in [-0.2, -0.15) is 12.6 Å². The van der Waals surface area contributed by atoms with Gasteiger partial charge in [0.2, 0.25) is 0 Å². The van der Waals surface area contributed by atoms with E-state index < -0.39 is 0 Å². The topological polar surface area (TPSA) is 12.0 Å². The summed E-state index contributed by atoms with van der Waals surface area (Å²) in [6, 6.07) is 0. The minimum Gasteiger partial charge on any atom is -0.316 e. The van der Waals surface area contributed by atoms with Gasteiger partial charge in [-0.3, -0.25) is 0 Å². The van der Waals surface area contributed by atoms with E-state index in [9.17, 15) is 0 Å². The molecule has 2 heteroatoms. The molecule has 0 aromatic carbocycles. The van der Waals surface area contributed by atoms with Crippen molar-refractivity contribution in [1.29, 1.82) is 0 Å². The van der Waals surface area contributed by atoms with E-state index in [0.717, 1.165) is 24.1 Å². The van der Waals surface area contributed by atoms with Crippen LogP contribution in [-0.4, -0.2) is 18.8 Å². The van der Waals surface area contributed by atoms with Crippen LogP contribution in [0.1, 0.15) is 58.3 Å². The Kier molecular flexibility index (Phi) is 8.40. The first-order valence-corrected chi connectivity index (χ1v) is 7.83. The van der Waals surface area contributed by atoms with E-state index in [1.807, 2.05) is 0 Å². The van der Waals surface area contributed by atoms with Crippen LogP contribution in [0.5, 0.6) is 0 Å². The van der Waals surface area contributed by atoms with Crippen LogP contribution in [0.3, 0.4) is 0 Å². The molecule has 16 heavy (non-hydrogen) atoms. The lowest BCUT2D eigenvalue weighted by Crippen LogP contribution is -2.21. The molecule has 1 nitrogen and oxygen atoms in total. The van der Waals surface area contributed by atoms with Crippen LogP contribution in [0.25, 0.3) is 0 Å². The predicted molar refractivity (Wildman–Crippen MR) is 76.3 cm³/mol. The van der Waals surface area contributed by atoms with Gasteiger partial charge < -0.3 is 5.32 Å². The summed E-state index contributed by atoms with van der Waals surface area (Å²) in [5.41, 5.74) is 0. The lowest BCUT2D eigenvalue weighted by atomic mass is 9.77. The Labute approximate surface area is 107 Å². The van der Waals surface area contributed by atoms with Crippen molar-refractivity contribution in [2.24, 2.45) is 11.8 Å². The molecule has 0 bridgehead atoms. The lowest BCUT2D eigenvalue weighted by molar-refractivity contribution is 0.226. The highest BCUT2D eigenvalue weighted by Crippen LogP contribution is 2.33. The maximum absolute atomic E-state index is 4.20. The first kappa shape index (κ1) is 14.4. The second-order valence-corrected chi connectivity index (χ2v) is 5.63. The molecular formula is C14H29NS. The van der Waals surface area contributed by atoms with E-state index in [0.29, 0.717) is 0 Å². The lowest BCUT2D eigenvalue weighted by Gasteiger charge is -2.29. The molecule has 0 spiro atoms. The number of thiol groups is 1. The van der Waals surface area contributed by atoms with Gasteiger partial charge in [-0.25, -0.2) is 0 Å². The third-order valence-electron chi connectivity index (χ3n) is 4.06. The van der Waals surface area contributed by atoms with Gasteiger partial charge >= 0.3 is 0 Å². The second-order valence-electron chi connectivity index (χ2n) is 5.18. The van der Waals surface area contributed by atoms with Gasteiger partial charge in [0.05, 0.1) is 0 Å². The van der Waals surface area contributed by atoms with Gasteiger partial charge in [0.15, 0.2) is 0 Å². The normalized spacial score (nSPS) is 19.9. The largest absolute Gasteiger partial charge is 0.316 e. The van der Waals surface area contributed by atoms with Gasteiger partial charge in [-0.1, -0.05) is 45.4 Å². The molecule has 1 aliphatic carbocycles. The molecule has 0 amide bonds. The molecule has 96 valence electrons. The molecule has 0 radical (unpaired) electrons. The van der Waals surface area contributed by atoms with E-state index in [1.165, 1.54) is 57.9 Å². The summed E-state index contributed by atoms with van der Waals surface area (Å²) in [6.45, 7) is 4.62. The molecule has 0 saturated heterocycles. The van der Waals surface area contributed by atoms with Crippen LogP contribution in [-0.2, 0) is 0 Å². The zero-order valence-corrected chi connectivity index (χ0v) is 11.8. The first-order valence-electron chi connectivity index (χ1n) is 7.20. The van der Waals surface area contributed by atoms with Crippen molar-refractivity contribution < 1.29 is 0 Å². The minimum absolute atomic E-state index is 0.958. The van der Waals surface area contributed by atoms with E-state index in [1.54, 1.807) is 0 Å². The monoisotopic (exact) mass is 243 g/mol. The number of rotatable bonds is 8. The van der Waals surface area contributed by atoms with Crippen molar-refractivity contribution in [2.75, 3.05) is 18.8 Å². The van der Waals surface area contributed by atoms with Crippen molar-refractivity contribution in [3.63, 3.8) is 0 Å². The van der Waals surface area contributed by atoms with Crippen molar-refractivity contribution in [3.05, 3.63) is 0 Å². The summed E-state index contributed by atoms with van der Waals surface area (Å²) in [5, 5.41) is 3.44. The highest BCUT2D eigenvalue weighted by molar-refractivity contribution is 7.80. The van der Waals surface area contributed by atoms with Gasteiger partial charge in [0.25, 0.3) is 0 Å². The Morgan fingerprint density at radius 1 is 1.19 bits per heavy atom. The van der Waals surface area contributed by atoms with E-state index >= 15 is 0 Å². The Morgan fingerprint density at radius 2 is 1.94 bits per heavy atom. The zero-order valence-electron chi connectivity index (χ0n) is 10.9. The van der Waals surface area contributed by atoms with Crippen molar-refractivity contribution >= 4 is 12.6 Å². The SMILES string of the molecule is CC[C@@H](CCCNCCS)C1CCCCC1. The molecule has 1 atom stereocenters. The fourth-order valence-corrected chi connectivity index (χ4v) is 3.23. The molecule has 0 aromatic heterocycles. The van der Waals surface area contributed by atoms with Crippen molar-refractivity contribution in [2.45, 2.75) is 58.3 Å². The molecule has 1 aliphatic rings. The Hall–Kier alpha value is 0.310. The minimum atomic E-state index is 0.958. The molecule has 0 unspecified atom stereocenters. The summed E-state index contributed by atoms with van der Waals surface area (Å²) in [5.74, 6) is 3.00. The van der Waals surface area contributed by atoms with E-state index in [2.05, 4.69) is 24.9 Å². The van der Waals surface area contributed by atoms with Crippen molar-refractivity contribution in [1.82, 2.24) is 5.32 Å². The number of nitrogens with one attached hydrogen (secondary N) is 1. The molecule has 1 saturated carbocycles. The van der Waals surface area contributed by atoms with Crippen LogP contribution in [0.15, 0.2) is 0 Å². The Morgan fingerprint density at radius 3 is 2.56 bits per heavy atom. The number of hydrogen-bond acceptors (Lipinski definition) is 2. The van der Waals surface area contributed by atoms with Crippen molar-refractivity contribution in [3.8, 4) is 0 Å². The third-order valence-corrected chi connectivity index (χ3v) is 4.28. The maximum Gasteiger partial charge on any atom is 0.00397 e. The summed E-state index contributed by atoms with van der Waals surface area (Å²) < 4.78 is 0. The Bertz CT molecular complexity index is 155. The van der Waals surface area contributed by atoms with E-state index in [4.69, 9.17) is 0 Å². The maximum atomic E-state index is 4.20. The molecule has 0 heterocycles. The smallest absolute Gasteiger partial charge is 0.00397 e. The van der Waals surface area contributed by atoms with Gasteiger partial charge in [-0.15, -0.1) is 0 Å². The molecule has 0 aromatic rings. The van der Waals surface area contributed by atoms with Gasteiger partial charge in [0, 0.05) is 12.3 Å². The molecule has 0 aliphatic heterocycles.